The minimum Gasteiger partial charge on any atom is -0.481 e. The van der Waals surface area contributed by atoms with Crippen molar-refractivity contribution in [1.29, 1.82) is 0 Å². The molecule has 7 nitrogen and oxygen atoms in total. The van der Waals surface area contributed by atoms with E-state index in [0.29, 0.717) is 5.88 Å². The molecule has 0 aliphatic carbocycles. The van der Waals surface area contributed by atoms with E-state index >= 15 is 0 Å². The second-order valence-corrected chi connectivity index (χ2v) is 8.45. The lowest BCUT2D eigenvalue weighted by atomic mass is 10.1. The van der Waals surface area contributed by atoms with Crippen LogP contribution in [0, 0.1) is 0 Å². The molecule has 1 unspecified atom stereocenters. The summed E-state index contributed by atoms with van der Waals surface area (Å²) in [6.07, 6.45) is 3.83. The van der Waals surface area contributed by atoms with Gasteiger partial charge in [0, 0.05) is 55.8 Å². The second kappa shape index (κ2) is 8.14. The van der Waals surface area contributed by atoms with E-state index < -0.39 is 0 Å². The molecule has 1 saturated heterocycles. The number of fused-ring (bicyclic) bond motifs is 1. The number of nitrogens with zero attached hydrogens (tertiary/aromatic N) is 6. The molecule has 1 fully saturated rings. The van der Waals surface area contributed by atoms with Gasteiger partial charge in [-0.1, -0.05) is 11.3 Å². The lowest BCUT2D eigenvalue weighted by molar-refractivity contribution is 0.0890. The zero-order valence-electron chi connectivity index (χ0n) is 17.1. The van der Waals surface area contributed by atoms with Gasteiger partial charge < -0.3 is 4.74 Å². The Labute approximate surface area is 179 Å². The van der Waals surface area contributed by atoms with Crippen LogP contribution in [0.4, 0.5) is 0 Å². The number of aromatic nitrogens is 4. The number of hydrogen-bond acceptors (Lipinski definition) is 7. The summed E-state index contributed by atoms with van der Waals surface area (Å²) in [5.74, 6) is 0.607. The van der Waals surface area contributed by atoms with Gasteiger partial charge in [0.25, 0.3) is 0 Å². The standard InChI is InChI=1S/C22H24N6OS/c1-26-8-9-27(12-16-7-10-30-15-16)14-20(26)22-19-5-3-18(13-28(19)25-24-22)17-4-6-21(29-2)23-11-17/h3-7,10-11,13,15,20H,8-9,12,14H2,1-2H3. The topological polar surface area (TPSA) is 58.8 Å². The Bertz CT molecular complexity index is 1120. The fourth-order valence-corrected chi connectivity index (χ4v) is 4.66. The second-order valence-electron chi connectivity index (χ2n) is 7.67. The summed E-state index contributed by atoms with van der Waals surface area (Å²) in [5.41, 5.74) is 5.53. The molecule has 0 spiro atoms. The molecule has 1 aliphatic heterocycles. The summed E-state index contributed by atoms with van der Waals surface area (Å²) in [4.78, 5) is 9.20. The predicted octanol–water partition coefficient (Wildman–Crippen LogP) is 3.35. The van der Waals surface area contributed by atoms with Crippen LogP contribution >= 0.6 is 11.3 Å². The molecule has 0 radical (unpaired) electrons. The van der Waals surface area contributed by atoms with E-state index in [1.54, 1.807) is 18.4 Å². The number of pyridine rings is 2. The van der Waals surface area contributed by atoms with Crippen LogP contribution in [0.25, 0.3) is 16.6 Å². The molecule has 4 aromatic heterocycles. The maximum Gasteiger partial charge on any atom is 0.212 e. The highest BCUT2D eigenvalue weighted by molar-refractivity contribution is 7.07. The summed E-state index contributed by atoms with van der Waals surface area (Å²) in [6, 6.07) is 10.5. The number of likely N-dealkylation sites (N-methyl/N-ethyl adjacent to an activating group) is 1. The van der Waals surface area contributed by atoms with Crippen molar-refractivity contribution >= 4 is 16.9 Å². The highest BCUT2D eigenvalue weighted by atomic mass is 32.1. The molecule has 1 aliphatic rings. The fraction of sp³-hybridized carbons (Fsp3) is 0.318. The van der Waals surface area contributed by atoms with Gasteiger partial charge in [0.2, 0.25) is 5.88 Å². The van der Waals surface area contributed by atoms with E-state index in [4.69, 9.17) is 4.74 Å². The first kappa shape index (κ1) is 19.2. The molecule has 5 rings (SSSR count). The normalized spacial score (nSPS) is 18.1. The Morgan fingerprint density at radius 2 is 2.03 bits per heavy atom. The first-order chi connectivity index (χ1) is 14.7. The fourth-order valence-electron chi connectivity index (χ4n) is 4.00. The number of methoxy groups -OCH3 is 1. The third kappa shape index (κ3) is 3.69. The van der Waals surface area contributed by atoms with E-state index in [1.165, 1.54) is 5.56 Å². The Kier molecular flexibility index (Phi) is 5.20. The molecule has 8 heteroatoms. The number of thiophene rings is 1. The van der Waals surface area contributed by atoms with Gasteiger partial charge in [-0.25, -0.2) is 9.50 Å². The van der Waals surface area contributed by atoms with Gasteiger partial charge >= 0.3 is 0 Å². The van der Waals surface area contributed by atoms with Crippen molar-refractivity contribution in [1.82, 2.24) is 29.6 Å². The van der Waals surface area contributed by atoms with Gasteiger partial charge in [-0.05, 0) is 41.6 Å². The van der Waals surface area contributed by atoms with Gasteiger partial charge in [-0.3, -0.25) is 9.80 Å². The Balaban J connectivity index is 1.40. The van der Waals surface area contributed by atoms with Gasteiger partial charge in [0.05, 0.1) is 18.7 Å². The van der Waals surface area contributed by atoms with Crippen LogP contribution in [-0.2, 0) is 6.54 Å². The average Bonchev–Trinajstić information content (AvgIpc) is 3.44. The van der Waals surface area contributed by atoms with Crippen molar-refractivity contribution in [2.24, 2.45) is 0 Å². The smallest absolute Gasteiger partial charge is 0.212 e. The molecular formula is C22H24N6OS. The maximum absolute atomic E-state index is 5.15. The monoisotopic (exact) mass is 420 g/mol. The molecule has 154 valence electrons. The molecule has 0 bridgehead atoms. The molecule has 0 amide bonds. The molecule has 0 N–H and O–H groups in total. The van der Waals surface area contributed by atoms with Crippen LogP contribution in [0.15, 0.2) is 53.5 Å². The van der Waals surface area contributed by atoms with E-state index in [0.717, 1.165) is 48.5 Å². The number of rotatable bonds is 5. The Morgan fingerprint density at radius 1 is 1.13 bits per heavy atom. The summed E-state index contributed by atoms with van der Waals surface area (Å²) >= 11 is 1.76. The van der Waals surface area contributed by atoms with Gasteiger partial charge in [0.1, 0.15) is 5.69 Å². The van der Waals surface area contributed by atoms with E-state index in [1.807, 2.05) is 29.0 Å². The molecule has 0 saturated carbocycles. The van der Waals surface area contributed by atoms with Crippen molar-refractivity contribution < 1.29 is 4.74 Å². The lowest BCUT2D eigenvalue weighted by Crippen LogP contribution is -2.46. The van der Waals surface area contributed by atoms with E-state index in [2.05, 4.69) is 61.1 Å². The van der Waals surface area contributed by atoms with Crippen LogP contribution in [0.2, 0.25) is 0 Å². The highest BCUT2D eigenvalue weighted by Crippen LogP contribution is 2.28. The maximum atomic E-state index is 5.15. The van der Waals surface area contributed by atoms with Crippen LogP contribution in [0.5, 0.6) is 5.88 Å². The van der Waals surface area contributed by atoms with Gasteiger partial charge in [0.15, 0.2) is 0 Å². The quantitative estimate of drug-likeness (QED) is 0.494. The van der Waals surface area contributed by atoms with Crippen molar-refractivity contribution in [3.05, 3.63) is 64.7 Å². The first-order valence-corrected chi connectivity index (χ1v) is 10.9. The van der Waals surface area contributed by atoms with Gasteiger partial charge in [-0.2, -0.15) is 11.3 Å². The molecule has 4 aromatic rings. The average molecular weight is 421 g/mol. The third-order valence-corrected chi connectivity index (χ3v) is 6.49. The zero-order valence-corrected chi connectivity index (χ0v) is 17.9. The van der Waals surface area contributed by atoms with Crippen LogP contribution in [0.1, 0.15) is 17.3 Å². The van der Waals surface area contributed by atoms with Crippen molar-refractivity contribution in [2.75, 3.05) is 33.8 Å². The van der Waals surface area contributed by atoms with Crippen LogP contribution in [0.3, 0.4) is 0 Å². The Hall–Kier alpha value is -2.81. The summed E-state index contributed by atoms with van der Waals surface area (Å²) in [7, 11) is 3.80. The van der Waals surface area contributed by atoms with Gasteiger partial charge in [-0.15, -0.1) is 5.10 Å². The van der Waals surface area contributed by atoms with E-state index in [-0.39, 0.29) is 6.04 Å². The van der Waals surface area contributed by atoms with Crippen LogP contribution < -0.4 is 4.74 Å². The molecule has 30 heavy (non-hydrogen) atoms. The minimum atomic E-state index is 0.225. The Morgan fingerprint density at radius 3 is 2.80 bits per heavy atom. The zero-order chi connectivity index (χ0) is 20.5. The minimum absolute atomic E-state index is 0.225. The van der Waals surface area contributed by atoms with Crippen molar-refractivity contribution in [2.45, 2.75) is 12.6 Å². The molecule has 5 heterocycles. The lowest BCUT2D eigenvalue weighted by Gasteiger charge is -2.38. The summed E-state index contributed by atoms with van der Waals surface area (Å²) < 4.78 is 7.03. The third-order valence-electron chi connectivity index (χ3n) is 5.75. The number of piperazine rings is 1. The van der Waals surface area contributed by atoms with Crippen molar-refractivity contribution in [3.63, 3.8) is 0 Å². The SMILES string of the molecule is COc1ccc(-c2ccc3c(C4CN(Cc5ccsc5)CCN4C)nnn3c2)cn1. The summed E-state index contributed by atoms with van der Waals surface area (Å²) in [5, 5.41) is 13.4. The largest absolute Gasteiger partial charge is 0.481 e. The van der Waals surface area contributed by atoms with E-state index in [9.17, 15) is 0 Å². The van der Waals surface area contributed by atoms with Crippen LogP contribution in [-0.4, -0.2) is 63.4 Å². The predicted molar refractivity (Wildman–Crippen MR) is 118 cm³/mol. The molecule has 0 aromatic carbocycles. The number of hydrogen-bond donors (Lipinski definition) is 0. The first-order valence-electron chi connectivity index (χ1n) is 10.0. The van der Waals surface area contributed by atoms with Crippen molar-refractivity contribution in [3.8, 4) is 17.0 Å². The summed E-state index contributed by atoms with van der Waals surface area (Å²) in [6.45, 7) is 4.02. The molecule has 1 atom stereocenters. The number of ether oxygens (including phenoxy) is 1. The highest BCUT2D eigenvalue weighted by Gasteiger charge is 2.29. The molecular weight excluding hydrogens is 396 g/mol.